The van der Waals surface area contributed by atoms with Crippen LogP contribution in [0.1, 0.15) is 130 Å². The van der Waals surface area contributed by atoms with E-state index in [1.54, 1.807) is 0 Å². The largest absolute Gasteiger partial charge is 0.446 e. The molecule has 7 rings (SSSR count). The summed E-state index contributed by atoms with van der Waals surface area (Å²) in [5.74, 6) is 1.49. The van der Waals surface area contributed by atoms with E-state index in [-0.39, 0.29) is 50.8 Å². The molecule has 0 amide bonds. The molecule has 0 unspecified atom stereocenters. The average Bonchev–Trinajstić information content (AvgIpc) is 3.18. The summed E-state index contributed by atoms with van der Waals surface area (Å²) in [6.07, 6.45) is 12.7. The summed E-state index contributed by atoms with van der Waals surface area (Å²) in [4.78, 5) is 0. The third-order valence-corrected chi connectivity index (χ3v) is 16.3. The van der Waals surface area contributed by atoms with E-state index >= 15 is 0 Å². The molecule has 5 aliphatic carbocycles. The fraction of sp³-hybridized carbons (Fsp3) is 0.833. The first-order valence-electron chi connectivity index (χ1n) is 17.7. The van der Waals surface area contributed by atoms with Crippen LogP contribution in [0.15, 0.2) is 12.1 Å². The summed E-state index contributed by atoms with van der Waals surface area (Å²) in [7, 11) is -9.66. The Kier molecular flexibility index (Phi) is 7.49. The molecule has 1 aliphatic heterocycles. The van der Waals surface area contributed by atoms with Gasteiger partial charge in [0.2, 0.25) is 0 Å². The van der Waals surface area contributed by atoms with Gasteiger partial charge in [-0.2, -0.15) is 16.8 Å². The molecule has 9 nitrogen and oxygen atoms in total. The van der Waals surface area contributed by atoms with Crippen molar-refractivity contribution in [3.8, 4) is 11.5 Å². The first-order chi connectivity index (χ1) is 21.6. The fourth-order valence-corrected chi connectivity index (χ4v) is 14.5. The molecule has 2 N–H and O–H groups in total. The van der Waals surface area contributed by atoms with Crippen molar-refractivity contribution in [1.29, 1.82) is 0 Å². The van der Waals surface area contributed by atoms with E-state index in [1.807, 2.05) is 0 Å². The van der Waals surface area contributed by atoms with Gasteiger partial charge >= 0.3 is 20.8 Å². The molecule has 0 spiro atoms. The lowest BCUT2D eigenvalue weighted by Crippen LogP contribution is -2.64. The molecule has 11 heteroatoms. The molecule has 47 heavy (non-hydrogen) atoms. The molecule has 4 saturated carbocycles. The number of rotatable bonds is 4. The average molecular weight is 695 g/mol. The van der Waals surface area contributed by atoms with Crippen molar-refractivity contribution in [1.82, 2.24) is 0 Å². The van der Waals surface area contributed by atoms with Crippen molar-refractivity contribution in [2.45, 2.75) is 143 Å². The van der Waals surface area contributed by atoms with Gasteiger partial charge in [-0.1, -0.05) is 48.0 Å². The highest BCUT2D eigenvalue weighted by Gasteiger charge is 2.69. The maximum absolute atomic E-state index is 11.9. The second-order valence-corrected chi connectivity index (χ2v) is 20.2. The van der Waals surface area contributed by atoms with Gasteiger partial charge in [0, 0.05) is 16.5 Å². The topological polar surface area (TPSA) is 136 Å². The SMILES string of the molecule is CC1(C)CCC[C@]2(C)O[C@H]3CC[C@@]4(C)[C@@H](CC[C@]5(C)[C@@H]4CC[C@]4(C)c6c(OS(=O)(=O)O)ccc(OS(=O)(=O)O)c6C[C@@H]54)[C@]3(C)CC[C@@H]12. The van der Waals surface area contributed by atoms with Gasteiger partial charge in [0.15, 0.2) is 0 Å². The molecule has 0 radical (unpaired) electrons. The third kappa shape index (κ3) is 5.05. The molecule has 6 aliphatic rings. The van der Waals surface area contributed by atoms with Crippen LogP contribution in [0.5, 0.6) is 11.5 Å². The van der Waals surface area contributed by atoms with Crippen molar-refractivity contribution in [3.63, 3.8) is 0 Å². The van der Waals surface area contributed by atoms with Crippen molar-refractivity contribution in [2.24, 2.45) is 45.3 Å². The van der Waals surface area contributed by atoms with Gasteiger partial charge in [-0.25, -0.2) is 0 Å². The number of fused-ring (bicyclic) bond motifs is 10. The van der Waals surface area contributed by atoms with Crippen LogP contribution in [0.3, 0.4) is 0 Å². The Morgan fingerprint density at radius 1 is 0.660 bits per heavy atom. The van der Waals surface area contributed by atoms with Crippen molar-refractivity contribution < 1.29 is 39.0 Å². The minimum absolute atomic E-state index is 0.0151. The quantitative estimate of drug-likeness (QED) is 0.302. The Hall–Kier alpha value is -1.40. The predicted octanol–water partition coefficient (Wildman–Crippen LogP) is 7.88. The van der Waals surface area contributed by atoms with Crippen molar-refractivity contribution in [3.05, 3.63) is 23.3 Å². The molecular weight excluding hydrogens is 641 g/mol. The third-order valence-electron chi connectivity index (χ3n) is 15.5. The van der Waals surface area contributed by atoms with Crippen LogP contribution in [0.4, 0.5) is 0 Å². The lowest BCUT2D eigenvalue weighted by Gasteiger charge is -2.69. The maximum atomic E-state index is 11.9. The smallest absolute Gasteiger partial charge is 0.371 e. The summed E-state index contributed by atoms with van der Waals surface area (Å²) in [6, 6.07) is 2.63. The fourth-order valence-electron chi connectivity index (χ4n) is 13.8. The maximum Gasteiger partial charge on any atom is 0.446 e. The van der Waals surface area contributed by atoms with Crippen molar-refractivity contribution in [2.75, 3.05) is 0 Å². The van der Waals surface area contributed by atoms with Crippen LogP contribution in [-0.2, 0) is 37.4 Å². The summed E-state index contributed by atoms with van der Waals surface area (Å²) < 4.78 is 84.4. The molecule has 1 saturated heterocycles. The molecule has 0 bridgehead atoms. The lowest BCUT2D eigenvalue weighted by atomic mass is 9.36. The van der Waals surface area contributed by atoms with E-state index in [0.29, 0.717) is 35.3 Å². The molecule has 0 aromatic heterocycles. The monoisotopic (exact) mass is 694 g/mol. The number of hydrogen-bond donors (Lipinski definition) is 2. The van der Waals surface area contributed by atoms with E-state index in [4.69, 9.17) is 13.1 Å². The summed E-state index contributed by atoms with van der Waals surface area (Å²) in [6.45, 7) is 16.9. The lowest BCUT2D eigenvalue weighted by molar-refractivity contribution is -0.240. The van der Waals surface area contributed by atoms with Crippen molar-refractivity contribution >= 4 is 20.8 Å². The molecule has 1 aromatic rings. The summed E-state index contributed by atoms with van der Waals surface area (Å²) in [5, 5.41) is 0. The van der Waals surface area contributed by atoms with Gasteiger partial charge < -0.3 is 13.1 Å². The van der Waals surface area contributed by atoms with Crippen LogP contribution in [0.25, 0.3) is 0 Å². The molecule has 10 atom stereocenters. The zero-order valence-corrected chi connectivity index (χ0v) is 30.7. The highest BCUT2D eigenvalue weighted by molar-refractivity contribution is 7.81. The van der Waals surface area contributed by atoms with Crippen LogP contribution >= 0.6 is 0 Å². The Bertz CT molecular complexity index is 1690. The first kappa shape index (κ1) is 34.1. The Morgan fingerprint density at radius 2 is 1.19 bits per heavy atom. The number of ether oxygens (including phenoxy) is 1. The molecule has 264 valence electrons. The summed E-state index contributed by atoms with van der Waals surface area (Å²) >= 11 is 0. The molecule has 1 aromatic carbocycles. The van der Waals surface area contributed by atoms with E-state index in [0.717, 1.165) is 44.9 Å². The zero-order chi connectivity index (χ0) is 34.2. The van der Waals surface area contributed by atoms with Gasteiger partial charge in [-0.05, 0) is 135 Å². The second-order valence-electron chi connectivity index (χ2n) is 18.2. The van der Waals surface area contributed by atoms with E-state index < -0.39 is 26.2 Å². The van der Waals surface area contributed by atoms with Gasteiger partial charge in [0.25, 0.3) is 0 Å². The predicted molar refractivity (Wildman–Crippen MR) is 178 cm³/mol. The zero-order valence-electron chi connectivity index (χ0n) is 29.1. The number of benzene rings is 1. The van der Waals surface area contributed by atoms with Gasteiger partial charge in [0.05, 0.1) is 11.7 Å². The Balaban J connectivity index is 1.25. The standard InChI is InChI=1S/C36H54O9S2/c1-31(2)15-8-16-36(7)25(31)11-18-34(5)27-12-17-33(4)26(32(27,3)20-14-29(34)43-36)13-19-35(6)28(33)21-22-23(44-46(37,38)39)9-10-24(30(22)35)45-47(40,41)42/h9-10,25-29H,8,11-21H2,1-7H3,(H,37,38,39)(H,40,41,42)/t25-,26+,27+,28-,29-,32+,33+,34-,35-,36-/m0/s1. The van der Waals surface area contributed by atoms with Crippen LogP contribution < -0.4 is 8.37 Å². The van der Waals surface area contributed by atoms with Crippen LogP contribution in [-0.4, -0.2) is 37.6 Å². The van der Waals surface area contributed by atoms with E-state index in [2.05, 4.69) is 48.5 Å². The highest BCUT2D eigenvalue weighted by Crippen LogP contribution is 2.75. The minimum Gasteiger partial charge on any atom is -0.371 e. The van der Waals surface area contributed by atoms with Crippen LogP contribution in [0, 0.1) is 45.3 Å². The van der Waals surface area contributed by atoms with E-state index in [9.17, 15) is 25.9 Å². The van der Waals surface area contributed by atoms with Gasteiger partial charge in [0.1, 0.15) is 11.5 Å². The molecule has 5 fully saturated rings. The minimum atomic E-state index is -4.84. The Labute approximate surface area is 281 Å². The second kappa shape index (κ2) is 10.3. The first-order valence-corrected chi connectivity index (χ1v) is 20.5. The van der Waals surface area contributed by atoms with E-state index in [1.165, 1.54) is 37.8 Å². The number of hydrogen-bond acceptors (Lipinski definition) is 7. The van der Waals surface area contributed by atoms with Gasteiger partial charge in [-0.3, -0.25) is 9.11 Å². The Morgan fingerprint density at radius 3 is 1.87 bits per heavy atom. The van der Waals surface area contributed by atoms with Crippen LogP contribution in [0.2, 0.25) is 0 Å². The normalized spacial score (nSPS) is 45.6. The molecule has 1 heterocycles. The molecular formula is C36H54O9S2. The highest BCUT2D eigenvalue weighted by atomic mass is 32.3. The van der Waals surface area contributed by atoms with Gasteiger partial charge in [-0.15, -0.1) is 0 Å². The summed E-state index contributed by atoms with van der Waals surface area (Å²) in [5.41, 5.74) is 0.766.